The molecular weight excluding hydrogens is 492 g/mol. The predicted molar refractivity (Wildman–Crippen MR) is 154 cm³/mol. The first-order valence-corrected chi connectivity index (χ1v) is 13.7. The number of fused-ring (bicyclic) bond motifs is 10. The number of nitrogens with one attached hydrogen (secondary N) is 3. The van der Waals surface area contributed by atoms with Crippen molar-refractivity contribution in [2.24, 2.45) is 11.8 Å². The molecule has 0 spiro atoms. The first kappa shape index (κ1) is 29.9. The van der Waals surface area contributed by atoms with Crippen LogP contribution in [-0.4, -0.2) is 60.9 Å². The Balaban J connectivity index is 1.99. The third-order valence-electron chi connectivity index (χ3n) is 7.21. The summed E-state index contributed by atoms with van der Waals surface area (Å²) >= 11 is 0. The van der Waals surface area contributed by atoms with Gasteiger partial charge < -0.3 is 20.7 Å². The highest BCUT2D eigenvalue weighted by Gasteiger charge is 2.38. The monoisotopic (exact) mass is 534 g/mol. The van der Waals surface area contributed by atoms with Crippen LogP contribution in [0.5, 0.6) is 5.75 Å². The van der Waals surface area contributed by atoms with Crippen molar-refractivity contribution in [1.29, 1.82) is 0 Å². The lowest BCUT2D eigenvalue weighted by Crippen LogP contribution is -2.62. The second-order valence-corrected chi connectivity index (χ2v) is 10.8. The molecule has 0 saturated heterocycles. The van der Waals surface area contributed by atoms with E-state index in [2.05, 4.69) is 16.0 Å². The summed E-state index contributed by atoms with van der Waals surface area (Å²) in [6, 6.07) is 14.8. The Morgan fingerprint density at radius 2 is 1.67 bits per heavy atom. The topological polar surface area (TPSA) is 99.8 Å². The molecule has 2 aromatic carbocycles. The highest BCUT2D eigenvalue weighted by molar-refractivity contribution is 5.94. The van der Waals surface area contributed by atoms with Gasteiger partial charge in [0.2, 0.25) is 17.7 Å². The summed E-state index contributed by atoms with van der Waals surface area (Å²) in [6.45, 7) is 7.78. The predicted octanol–water partition coefficient (Wildman–Crippen LogP) is 3.38. The molecule has 8 heteroatoms. The van der Waals surface area contributed by atoms with Gasteiger partial charge in [-0.1, -0.05) is 76.6 Å². The molecule has 4 rings (SSSR count). The number of ether oxygens (including phenoxy) is 1. The van der Waals surface area contributed by atoms with Crippen molar-refractivity contribution in [1.82, 2.24) is 20.9 Å². The van der Waals surface area contributed by atoms with Crippen LogP contribution in [0.25, 0.3) is 6.08 Å². The number of hydrogen-bond donors (Lipinski definition) is 3. The van der Waals surface area contributed by atoms with E-state index in [9.17, 15) is 14.4 Å². The molecule has 5 atom stereocenters. The Morgan fingerprint density at radius 1 is 1.00 bits per heavy atom. The van der Waals surface area contributed by atoms with Gasteiger partial charge in [-0.15, -0.1) is 0 Å². The molecule has 3 amide bonds. The van der Waals surface area contributed by atoms with Crippen molar-refractivity contribution in [2.75, 3.05) is 14.1 Å². The molecule has 0 saturated carbocycles. The smallest absolute Gasteiger partial charge is 0.247 e. The van der Waals surface area contributed by atoms with E-state index in [1.807, 2.05) is 101 Å². The van der Waals surface area contributed by atoms with Crippen molar-refractivity contribution in [3.05, 3.63) is 71.9 Å². The lowest BCUT2D eigenvalue weighted by atomic mass is 9.94. The van der Waals surface area contributed by atoms with E-state index in [4.69, 9.17) is 4.74 Å². The van der Waals surface area contributed by atoms with Gasteiger partial charge in [0.05, 0.1) is 6.04 Å². The highest BCUT2D eigenvalue weighted by Crippen LogP contribution is 2.21. The van der Waals surface area contributed by atoms with Crippen LogP contribution in [0.15, 0.2) is 60.8 Å². The number of amides is 3. The third-order valence-corrected chi connectivity index (χ3v) is 7.21. The lowest BCUT2D eigenvalue weighted by molar-refractivity contribution is -0.136. The van der Waals surface area contributed by atoms with Gasteiger partial charge in [0.1, 0.15) is 23.9 Å². The van der Waals surface area contributed by atoms with Crippen LogP contribution in [0.1, 0.15) is 45.2 Å². The second-order valence-electron chi connectivity index (χ2n) is 10.8. The summed E-state index contributed by atoms with van der Waals surface area (Å²) in [5.74, 6) is -0.734. The minimum absolute atomic E-state index is 0.128. The second kappa shape index (κ2) is 13.9. The summed E-state index contributed by atoms with van der Waals surface area (Å²) in [5.41, 5.74) is 1.91. The molecule has 0 aromatic heterocycles. The average Bonchev–Trinajstić information content (AvgIpc) is 2.92. The van der Waals surface area contributed by atoms with Gasteiger partial charge in [-0.2, -0.15) is 0 Å². The quantitative estimate of drug-likeness (QED) is 0.482. The summed E-state index contributed by atoms with van der Waals surface area (Å²) in [5, 5.41) is 8.73. The van der Waals surface area contributed by atoms with E-state index in [1.54, 1.807) is 12.3 Å². The van der Waals surface area contributed by atoms with Crippen LogP contribution >= 0.6 is 0 Å². The summed E-state index contributed by atoms with van der Waals surface area (Å²) in [7, 11) is 3.69. The molecule has 0 fully saturated rings. The van der Waals surface area contributed by atoms with Gasteiger partial charge in [0.15, 0.2) is 0 Å². The van der Waals surface area contributed by atoms with Gasteiger partial charge in [-0.25, -0.2) is 0 Å². The summed E-state index contributed by atoms with van der Waals surface area (Å²) < 4.78 is 6.35. The van der Waals surface area contributed by atoms with Crippen LogP contribution < -0.4 is 20.7 Å². The van der Waals surface area contributed by atoms with Crippen LogP contribution in [0.4, 0.5) is 0 Å². The average molecular weight is 535 g/mol. The lowest BCUT2D eigenvalue weighted by Gasteiger charge is -2.34. The molecular formula is C31H42N4O4. The molecule has 39 heavy (non-hydrogen) atoms. The fraction of sp³-hybridized carbons (Fsp3) is 0.452. The number of likely N-dealkylation sites (N-methyl/N-ethyl adjacent to an activating group) is 1. The Morgan fingerprint density at radius 3 is 2.26 bits per heavy atom. The zero-order valence-corrected chi connectivity index (χ0v) is 23.8. The molecule has 2 aromatic rings. The van der Waals surface area contributed by atoms with Gasteiger partial charge in [-0.05, 0) is 61.7 Å². The molecule has 0 unspecified atom stereocenters. The standard InChI is InChI=1S/C31H42N4O4/c1-7-21(4)26-30(37)32-18-17-22-13-15-24(16-14-22)39-28(20(2)3)27(31(38)33-26)34-29(36)25(35(5)6)19-23-11-9-8-10-12-23/h8-18,20-21,25-28H,7,19H2,1-6H3,(H,32,37)(H,33,38)(H,34,36)/b18-17-/t21-,25-,26+,27+,28-/m0/s1. The van der Waals surface area contributed by atoms with Crippen LogP contribution in [-0.2, 0) is 20.8 Å². The molecule has 3 N–H and O–H groups in total. The van der Waals surface area contributed by atoms with Gasteiger partial charge in [0, 0.05) is 6.20 Å². The van der Waals surface area contributed by atoms with Crippen LogP contribution in [0, 0.1) is 11.8 Å². The summed E-state index contributed by atoms with van der Waals surface area (Å²) in [6.07, 6.45) is 3.85. The number of carbonyl (C=O) groups is 3. The molecule has 0 radical (unpaired) electrons. The Labute approximate surface area is 232 Å². The molecule has 2 bridgehead atoms. The maximum Gasteiger partial charge on any atom is 0.247 e. The minimum Gasteiger partial charge on any atom is -0.487 e. The van der Waals surface area contributed by atoms with Crippen molar-refractivity contribution < 1.29 is 19.1 Å². The molecule has 2 aliphatic rings. The molecule has 2 aliphatic heterocycles. The van der Waals surface area contributed by atoms with Gasteiger partial charge in [-0.3, -0.25) is 19.3 Å². The maximum absolute atomic E-state index is 13.9. The van der Waals surface area contributed by atoms with E-state index in [0.717, 1.165) is 11.1 Å². The first-order chi connectivity index (χ1) is 18.6. The van der Waals surface area contributed by atoms with Crippen molar-refractivity contribution in [3.63, 3.8) is 0 Å². The van der Waals surface area contributed by atoms with Crippen LogP contribution in [0.3, 0.4) is 0 Å². The highest BCUT2D eigenvalue weighted by atomic mass is 16.5. The summed E-state index contributed by atoms with van der Waals surface area (Å²) in [4.78, 5) is 42.6. The first-order valence-electron chi connectivity index (χ1n) is 13.7. The fourth-order valence-corrected chi connectivity index (χ4v) is 4.55. The minimum atomic E-state index is -1.03. The largest absolute Gasteiger partial charge is 0.487 e. The molecule has 8 nitrogen and oxygen atoms in total. The van der Waals surface area contributed by atoms with Crippen molar-refractivity contribution in [2.45, 2.75) is 64.8 Å². The van der Waals surface area contributed by atoms with E-state index in [-0.39, 0.29) is 23.7 Å². The van der Waals surface area contributed by atoms with Gasteiger partial charge >= 0.3 is 0 Å². The van der Waals surface area contributed by atoms with Crippen LogP contribution in [0.2, 0.25) is 0 Å². The van der Waals surface area contributed by atoms with Crippen molar-refractivity contribution in [3.8, 4) is 5.75 Å². The Hall–Kier alpha value is -3.65. The molecule has 0 aliphatic carbocycles. The number of carbonyl (C=O) groups excluding carboxylic acids is 3. The number of nitrogens with zero attached hydrogens (tertiary/aromatic N) is 1. The van der Waals surface area contributed by atoms with E-state index >= 15 is 0 Å². The van der Waals surface area contributed by atoms with E-state index in [0.29, 0.717) is 18.6 Å². The molecule has 210 valence electrons. The number of benzene rings is 2. The Bertz CT molecular complexity index is 1130. The SMILES string of the molecule is CC[C@H](C)[C@H]1NC(=O)[C@H](NC(=O)[C@H](Cc2ccccc2)N(C)C)[C@H](C(C)C)Oc2ccc(cc2)/C=C\NC1=O. The van der Waals surface area contributed by atoms with E-state index < -0.39 is 30.1 Å². The number of hydrogen-bond acceptors (Lipinski definition) is 5. The van der Waals surface area contributed by atoms with Crippen molar-refractivity contribution >= 4 is 23.8 Å². The zero-order chi connectivity index (χ0) is 28.5. The Kier molecular flexibility index (Phi) is 10.7. The normalized spacial score (nSPS) is 22.3. The zero-order valence-electron chi connectivity index (χ0n) is 23.8. The van der Waals surface area contributed by atoms with E-state index in [1.165, 1.54) is 0 Å². The van der Waals surface area contributed by atoms with Gasteiger partial charge in [0.25, 0.3) is 0 Å². The fourth-order valence-electron chi connectivity index (χ4n) is 4.55. The molecule has 2 heterocycles. The third kappa shape index (κ3) is 8.17. The number of rotatable bonds is 8. The maximum atomic E-state index is 13.9.